The van der Waals surface area contributed by atoms with E-state index in [1.165, 1.54) is 48.9 Å². The summed E-state index contributed by atoms with van der Waals surface area (Å²) in [5.74, 6) is 0.357. The number of nitrogens with two attached hydrogens (primary N) is 1. The molecule has 5 heteroatoms. The number of aromatic nitrogens is 3. The maximum absolute atomic E-state index is 5.88. The molecule has 0 spiro atoms. The zero-order valence-corrected chi connectivity index (χ0v) is 15.9. The van der Waals surface area contributed by atoms with E-state index in [0.29, 0.717) is 12.0 Å². The lowest BCUT2D eigenvalue weighted by Crippen LogP contribution is -2.16. The van der Waals surface area contributed by atoms with Crippen molar-refractivity contribution in [3.05, 3.63) is 53.3 Å². The van der Waals surface area contributed by atoms with Crippen molar-refractivity contribution in [2.24, 2.45) is 0 Å². The molecule has 1 aliphatic carbocycles. The van der Waals surface area contributed by atoms with Gasteiger partial charge in [0.25, 0.3) is 0 Å². The summed E-state index contributed by atoms with van der Waals surface area (Å²) in [7, 11) is 0. The summed E-state index contributed by atoms with van der Waals surface area (Å²) in [5, 5.41) is 1.98. The SMILES string of the molecule is Nc1ncc2cc(Cc3ccc(CBr)cc3)n(C3CCCCC3)c2n1. The van der Waals surface area contributed by atoms with Crippen LogP contribution in [0, 0.1) is 0 Å². The van der Waals surface area contributed by atoms with E-state index in [-0.39, 0.29) is 0 Å². The third kappa shape index (κ3) is 3.43. The number of hydrogen-bond acceptors (Lipinski definition) is 3. The van der Waals surface area contributed by atoms with Crippen molar-refractivity contribution in [3.63, 3.8) is 0 Å². The van der Waals surface area contributed by atoms with Gasteiger partial charge in [0.05, 0.1) is 0 Å². The molecule has 0 atom stereocenters. The van der Waals surface area contributed by atoms with Crippen LogP contribution in [-0.4, -0.2) is 14.5 Å². The Labute approximate surface area is 156 Å². The maximum atomic E-state index is 5.88. The van der Waals surface area contributed by atoms with E-state index in [2.05, 4.69) is 60.8 Å². The second-order valence-electron chi connectivity index (χ2n) is 6.93. The van der Waals surface area contributed by atoms with Gasteiger partial charge in [-0.05, 0) is 30.0 Å². The van der Waals surface area contributed by atoms with Gasteiger partial charge in [0, 0.05) is 35.1 Å². The Kier molecular flexibility index (Phi) is 4.75. The number of halogens is 1. The molecule has 2 aromatic heterocycles. The van der Waals surface area contributed by atoms with E-state index in [9.17, 15) is 0 Å². The molecule has 1 fully saturated rings. The fraction of sp³-hybridized carbons (Fsp3) is 0.400. The van der Waals surface area contributed by atoms with Crippen molar-refractivity contribution in [3.8, 4) is 0 Å². The van der Waals surface area contributed by atoms with E-state index < -0.39 is 0 Å². The fourth-order valence-electron chi connectivity index (χ4n) is 3.91. The van der Waals surface area contributed by atoms with Crippen LogP contribution < -0.4 is 5.73 Å². The molecule has 0 saturated heterocycles. The molecule has 0 bridgehead atoms. The molecular formula is C20H23BrN4. The van der Waals surface area contributed by atoms with Crippen LogP contribution in [0.4, 0.5) is 5.95 Å². The van der Waals surface area contributed by atoms with Crippen LogP contribution in [-0.2, 0) is 11.8 Å². The van der Waals surface area contributed by atoms with Gasteiger partial charge in [0.2, 0.25) is 5.95 Å². The highest BCUT2D eigenvalue weighted by Gasteiger charge is 2.21. The molecule has 0 unspecified atom stereocenters. The molecule has 3 aromatic rings. The predicted octanol–water partition coefficient (Wildman–Crippen LogP) is 5.00. The highest BCUT2D eigenvalue weighted by Crippen LogP contribution is 2.34. The largest absolute Gasteiger partial charge is 0.368 e. The normalized spacial score (nSPS) is 15.7. The van der Waals surface area contributed by atoms with Gasteiger partial charge in [0.1, 0.15) is 5.65 Å². The van der Waals surface area contributed by atoms with E-state index >= 15 is 0 Å². The molecule has 2 N–H and O–H groups in total. The van der Waals surface area contributed by atoms with Gasteiger partial charge in [-0.1, -0.05) is 59.5 Å². The molecule has 4 nitrogen and oxygen atoms in total. The minimum Gasteiger partial charge on any atom is -0.368 e. The van der Waals surface area contributed by atoms with E-state index in [1.54, 1.807) is 0 Å². The predicted molar refractivity (Wildman–Crippen MR) is 106 cm³/mol. The van der Waals surface area contributed by atoms with E-state index in [0.717, 1.165) is 22.8 Å². The van der Waals surface area contributed by atoms with Crippen molar-refractivity contribution in [2.45, 2.75) is 49.9 Å². The van der Waals surface area contributed by atoms with E-state index in [1.807, 2.05) is 6.20 Å². The second-order valence-corrected chi connectivity index (χ2v) is 7.49. The Bertz CT molecular complexity index is 863. The van der Waals surface area contributed by atoms with Crippen molar-refractivity contribution in [1.29, 1.82) is 0 Å². The third-order valence-electron chi connectivity index (χ3n) is 5.18. The number of alkyl halides is 1. The van der Waals surface area contributed by atoms with Crippen LogP contribution in [0.3, 0.4) is 0 Å². The number of hydrogen-bond donors (Lipinski definition) is 1. The van der Waals surface area contributed by atoms with Crippen molar-refractivity contribution in [1.82, 2.24) is 14.5 Å². The Morgan fingerprint density at radius 2 is 1.80 bits per heavy atom. The number of fused-ring (bicyclic) bond motifs is 1. The molecule has 1 aromatic carbocycles. The minimum atomic E-state index is 0.357. The van der Waals surface area contributed by atoms with Gasteiger partial charge in [-0.15, -0.1) is 0 Å². The molecule has 4 rings (SSSR count). The number of anilines is 1. The Morgan fingerprint density at radius 1 is 1.08 bits per heavy atom. The third-order valence-corrected chi connectivity index (χ3v) is 5.82. The number of nitrogens with zero attached hydrogens (tertiary/aromatic N) is 3. The molecule has 2 heterocycles. The second kappa shape index (κ2) is 7.16. The summed E-state index contributed by atoms with van der Waals surface area (Å²) in [6, 6.07) is 11.6. The molecule has 1 saturated carbocycles. The first-order valence-corrected chi connectivity index (χ1v) is 10.1. The summed E-state index contributed by atoms with van der Waals surface area (Å²) < 4.78 is 2.44. The van der Waals surface area contributed by atoms with Crippen LogP contribution in [0.5, 0.6) is 0 Å². The summed E-state index contributed by atoms with van der Waals surface area (Å²) >= 11 is 3.51. The summed E-state index contributed by atoms with van der Waals surface area (Å²) in [6.07, 6.45) is 9.15. The number of benzene rings is 1. The van der Waals surface area contributed by atoms with Crippen LogP contribution >= 0.6 is 15.9 Å². The molecule has 0 amide bonds. The van der Waals surface area contributed by atoms with Gasteiger partial charge >= 0.3 is 0 Å². The van der Waals surface area contributed by atoms with Crippen LogP contribution in [0.25, 0.3) is 11.0 Å². The van der Waals surface area contributed by atoms with Crippen LogP contribution in [0.1, 0.15) is 55.0 Å². The van der Waals surface area contributed by atoms with Gasteiger partial charge in [0.15, 0.2) is 0 Å². The number of rotatable bonds is 4. The molecule has 0 aliphatic heterocycles. The average Bonchev–Trinajstić information content (AvgIpc) is 3.00. The van der Waals surface area contributed by atoms with Gasteiger partial charge in [-0.2, -0.15) is 4.98 Å². The monoisotopic (exact) mass is 398 g/mol. The topological polar surface area (TPSA) is 56.7 Å². The Morgan fingerprint density at radius 3 is 2.52 bits per heavy atom. The number of nitrogen functional groups attached to an aromatic ring is 1. The van der Waals surface area contributed by atoms with Crippen molar-refractivity contribution in [2.75, 3.05) is 5.73 Å². The smallest absolute Gasteiger partial charge is 0.221 e. The average molecular weight is 399 g/mol. The standard InChI is InChI=1S/C20H23BrN4/c21-12-15-8-6-14(7-9-15)10-18-11-16-13-23-20(22)24-19(16)25(18)17-4-2-1-3-5-17/h6-9,11,13,17H,1-5,10,12H2,(H2,22,23,24). The van der Waals surface area contributed by atoms with Crippen molar-refractivity contribution < 1.29 is 0 Å². The van der Waals surface area contributed by atoms with E-state index in [4.69, 9.17) is 5.73 Å². The zero-order valence-electron chi connectivity index (χ0n) is 14.3. The molecule has 0 radical (unpaired) electrons. The molecular weight excluding hydrogens is 376 g/mol. The Balaban J connectivity index is 1.75. The van der Waals surface area contributed by atoms with Crippen LogP contribution in [0.15, 0.2) is 36.5 Å². The lowest BCUT2D eigenvalue weighted by atomic mass is 9.95. The maximum Gasteiger partial charge on any atom is 0.221 e. The fourth-order valence-corrected chi connectivity index (χ4v) is 4.29. The first-order valence-electron chi connectivity index (χ1n) is 9.00. The minimum absolute atomic E-state index is 0.357. The lowest BCUT2D eigenvalue weighted by Gasteiger charge is -2.26. The summed E-state index contributed by atoms with van der Waals surface area (Å²) in [6.45, 7) is 0. The molecule has 25 heavy (non-hydrogen) atoms. The highest BCUT2D eigenvalue weighted by molar-refractivity contribution is 9.08. The van der Waals surface area contributed by atoms with Crippen LogP contribution in [0.2, 0.25) is 0 Å². The first-order chi connectivity index (χ1) is 12.2. The first kappa shape index (κ1) is 16.6. The van der Waals surface area contributed by atoms with Crippen molar-refractivity contribution >= 4 is 32.9 Å². The molecule has 130 valence electrons. The summed E-state index contributed by atoms with van der Waals surface area (Å²) in [5.41, 5.74) is 10.8. The zero-order chi connectivity index (χ0) is 17.2. The Hall–Kier alpha value is -1.88. The van der Waals surface area contributed by atoms with Gasteiger partial charge in [-0.3, -0.25) is 0 Å². The van der Waals surface area contributed by atoms with Gasteiger partial charge in [-0.25, -0.2) is 4.98 Å². The summed E-state index contributed by atoms with van der Waals surface area (Å²) in [4.78, 5) is 8.75. The quantitative estimate of drug-likeness (QED) is 0.628. The highest BCUT2D eigenvalue weighted by atomic mass is 79.9. The molecule has 1 aliphatic rings. The lowest BCUT2D eigenvalue weighted by molar-refractivity contribution is 0.354. The van der Waals surface area contributed by atoms with Gasteiger partial charge < -0.3 is 10.3 Å².